The number of aromatic nitrogens is 3. The summed E-state index contributed by atoms with van der Waals surface area (Å²) in [7, 11) is -3.84. The van der Waals surface area contributed by atoms with Gasteiger partial charge in [-0.15, -0.1) is 22.7 Å². The van der Waals surface area contributed by atoms with Crippen molar-refractivity contribution >= 4 is 49.7 Å². The smallest absolute Gasteiger partial charge is 0.350 e. The van der Waals surface area contributed by atoms with Gasteiger partial charge in [-0.05, 0) is 43.0 Å². The van der Waals surface area contributed by atoms with Crippen LogP contribution in [0.25, 0.3) is 20.9 Å². The van der Waals surface area contributed by atoms with Crippen LogP contribution in [0.5, 0.6) is 0 Å². The summed E-state index contributed by atoms with van der Waals surface area (Å²) in [5.41, 5.74) is 1.89. The highest BCUT2D eigenvalue weighted by molar-refractivity contribution is 7.89. The zero-order valence-electron chi connectivity index (χ0n) is 17.6. The summed E-state index contributed by atoms with van der Waals surface area (Å²) in [6.45, 7) is 4.51. The Morgan fingerprint density at radius 1 is 1.25 bits per heavy atom. The Hall–Kier alpha value is -2.60. The van der Waals surface area contributed by atoms with Gasteiger partial charge in [0.2, 0.25) is 10.0 Å². The first kappa shape index (κ1) is 22.6. The Balaban J connectivity index is 1.60. The fourth-order valence-corrected chi connectivity index (χ4v) is 5.59. The number of aryl methyl sites for hydroxylation is 2. The zero-order valence-corrected chi connectivity index (χ0v) is 20.0. The van der Waals surface area contributed by atoms with E-state index in [-0.39, 0.29) is 11.5 Å². The number of carbonyl (C=O) groups is 1. The monoisotopic (exact) mass is 490 g/mol. The van der Waals surface area contributed by atoms with Gasteiger partial charge in [0.25, 0.3) is 0 Å². The second-order valence-corrected chi connectivity index (χ2v) is 10.7. The lowest BCUT2D eigenvalue weighted by Gasteiger charge is -2.09. The van der Waals surface area contributed by atoms with Crippen molar-refractivity contribution in [3.05, 3.63) is 52.1 Å². The van der Waals surface area contributed by atoms with Crippen LogP contribution in [0.15, 0.2) is 40.6 Å². The number of hydrogen-bond donors (Lipinski definition) is 1. The lowest BCUT2D eigenvalue weighted by Crippen LogP contribution is -2.12. The van der Waals surface area contributed by atoms with E-state index >= 15 is 0 Å². The lowest BCUT2D eigenvalue weighted by molar-refractivity contribution is 0.0463. The molecule has 0 atom stereocenters. The highest BCUT2D eigenvalue weighted by Gasteiger charge is 2.20. The minimum atomic E-state index is -3.84. The number of ether oxygens (including phenoxy) is 1. The van der Waals surface area contributed by atoms with Crippen molar-refractivity contribution in [3.63, 3.8) is 0 Å². The average Bonchev–Trinajstić information content (AvgIpc) is 3.47. The minimum absolute atomic E-state index is 0.00456. The maximum Gasteiger partial charge on any atom is 0.350 e. The Morgan fingerprint density at radius 2 is 2.06 bits per heavy atom. The standard InChI is InChI=1S/C21H22N4O4S3/c1-3-4-9-25-16-8-7-14(32(22,27)28)11-15(16)24-18(25)12-29-21(26)19-13(2)23-20(31-19)17-6-5-10-30-17/h5-8,10-11H,3-4,9,12H2,1-2H3,(H2,22,27,28). The first-order valence-electron chi connectivity index (χ1n) is 9.98. The van der Waals surface area contributed by atoms with Crippen LogP contribution in [-0.2, 0) is 27.9 Å². The van der Waals surface area contributed by atoms with Crippen molar-refractivity contribution in [2.24, 2.45) is 5.14 Å². The van der Waals surface area contributed by atoms with Gasteiger partial charge in [-0.1, -0.05) is 19.4 Å². The highest BCUT2D eigenvalue weighted by atomic mass is 32.2. The number of rotatable bonds is 8. The van der Waals surface area contributed by atoms with E-state index in [1.165, 1.54) is 23.5 Å². The Kier molecular flexibility index (Phi) is 6.42. The largest absolute Gasteiger partial charge is 0.453 e. The number of primary sulfonamides is 1. The first-order valence-corrected chi connectivity index (χ1v) is 13.2. The molecule has 2 N–H and O–H groups in total. The van der Waals surface area contributed by atoms with Crippen molar-refractivity contribution in [2.75, 3.05) is 0 Å². The van der Waals surface area contributed by atoms with E-state index in [1.807, 2.05) is 22.1 Å². The number of esters is 1. The van der Waals surface area contributed by atoms with Gasteiger partial charge in [0.15, 0.2) is 0 Å². The van der Waals surface area contributed by atoms with E-state index in [4.69, 9.17) is 9.88 Å². The summed E-state index contributed by atoms with van der Waals surface area (Å²) in [5.74, 6) is 0.0937. The summed E-state index contributed by atoms with van der Waals surface area (Å²) < 4.78 is 30.9. The molecule has 0 amide bonds. The van der Waals surface area contributed by atoms with Crippen molar-refractivity contribution in [2.45, 2.75) is 44.7 Å². The number of thiophene rings is 1. The summed E-state index contributed by atoms with van der Waals surface area (Å²) in [5, 5.41) is 8.00. The van der Waals surface area contributed by atoms with Gasteiger partial charge in [-0.3, -0.25) is 0 Å². The lowest BCUT2D eigenvalue weighted by atomic mass is 10.3. The molecular weight excluding hydrogens is 468 g/mol. The number of thiazole rings is 1. The van der Waals surface area contributed by atoms with Crippen LogP contribution < -0.4 is 5.14 Å². The van der Waals surface area contributed by atoms with Crippen molar-refractivity contribution in [3.8, 4) is 9.88 Å². The van der Waals surface area contributed by atoms with Crippen LogP contribution in [-0.4, -0.2) is 28.9 Å². The number of sulfonamides is 1. The highest BCUT2D eigenvalue weighted by Crippen LogP contribution is 2.31. The van der Waals surface area contributed by atoms with Gasteiger partial charge >= 0.3 is 5.97 Å². The van der Waals surface area contributed by atoms with Gasteiger partial charge < -0.3 is 9.30 Å². The van der Waals surface area contributed by atoms with Crippen LogP contribution in [0.1, 0.15) is 41.0 Å². The van der Waals surface area contributed by atoms with Crippen LogP contribution in [0.3, 0.4) is 0 Å². The summed E-state index contributed by atoms with van der Waals surface area (Å²) in [6, 6.07) is 8.49. The molecule has 3 heterocycles. The molecule has 0 aliphatic heterocycles. The minimum Gasteiger partial charge on any atom is -0.453 e. The van der Waals surface area contributed by atoms with Gasteiger partial charge in [0.1, 0.15) is 22.3 Å². The topological polar surface area (TPSA) is 117 Å². The first-order chi connectivity index (χ1) is 15.3. The maximum atomic E-state index is 12.8. The fraction of sp³-hybridized carbons (Fsp3) is 0.286. The van der Waals surface area contributed by atoms with Crippen molar-refractivity contribution in [1.82, 2.24) is 14.5 Å². The van der Waals surface area contributed by atoms with Crippen molar-refractivity contribution < 1.29 is 17.9 Å². The van der Waals surface area contributed by atoms with Crippen LogP contribution in [0.2, 0.25) is 0 Å². The molecule has 0 bridgehead atoms. The number of unbranched alkanes of at least 4 members (excludes halogenated alkanes) is 1. The second kappa shape index (κ2) is 9.10. The number of nitrogens with zero attached hydrogens (tertiary/aromatic N) is 3. The molecule has 4 rings (SSSR count). The third-order valence-corrected chi connectivity index (χ3v) is 8.00. The van der Waals surface area contributed by atoms with Gasteiger partial charge in [0, 0.05) is 6.54 Å². The van der Waals surface area contributed by atoms with Gasteiger partial charge in [-0.25, -0.2) is 28.3 Å². The number of benzene rings is 1. The van der Waals surface area contributed by atoms with Gasteiger partial charge in [-0.2, -0.15) is 0 Å². The molecule has 0 aliphatic carbocycles. The quantitative estimate of drug-likeness (QED) is 0.367. The van der Waals surface area contributed by atoms with E-state index in [1.54, 1.807) is 24.3 Å². The molecule has 0 spiro atoms. The molecule has 8 nitrogen and oxygen atoms in total. The number of imidazole rings is 1. The summed E-state index contributed by atoms with van der Waals surface area (Å²) in [4.78, 5) is 23.2. The zero-order chi connectivity index (χ0) is 22.9. The molecular formula is C21H22N4O4S3. The summed E-state index contributed by atoms with van der Waals surface area (Å²) in [6.07, 6.45) is 1.88. The van der Waals surface area contributed by atoms with Crippen LogP contribution in [0, 0.1) is 6.92 Å². The van der Waals surface area contributed by atoms with E-state index < -0.39 is 16.0 Å². The molecule has 3 aromatic heterocycles. The third kappa shape index (κ3) is 4.60. The number of fused-ring (bicyclic) bond motifs is 1. The molecule has 32 heavy (non-hydrogen) atoms. The molecule has 168 valence electrons. The predicted molar refractivity (Wildman–Crippen MR) is 125 cm³/mol. The third-order valence-electron chi connectivity index (χ3n) is 4.91. The Morgan fingerprint density at radius 3 is 2.75 bits per heavy atom. The molecule has 11 heteroatoms. The molecule has 0 unspecified atom stereocenters. The SMILES string of the molecule is CCCCn1c(COC(=O)c2sc(-c3cccs3)nc2C)nc2cc(S(N)(=O)=O)ccc21. The maximum absolute atomic E-state index is 12.8. The molecule has 0 radical (unpaired) electrons. The molecule has 0 saturated carbocycles. The van der Waals surface area contributed by atoms with E-state index in [9.17, 15) is 13.2 Å². The molecule has 4 aromatic rings. The van der Waals surface area contributed by atoms with Crippen LogP contribution >= 0.6 is 22.7 Å². The fourth-order valence-electron chi connectivity index (χ4n) is 3.30. The normalized spacial score (nSPS) is 11.8. The van der Waals surface area contributed by atoms with E-state index in [0.717, 1.165) is 28.2 Å². The van der Waals surface area contributed by atoms with E-state index in [2.05, 4.69) is 16.9 Å². The number of nitrogens with two attached hydrogens (primary N) is 1. The average molecular weight is 491 g/mol. The van der Waals surface area contributed by atoms with Gasteiger partial charge in [0.05, 0.1) is 26.5 Å². The van der Waals surface area contributed by atoms with E-state index in [0.29, 0.717) is 28.5 Å². The Labute approximate surface area is 193 Å². The molecule has 0 saturated heterocycles. The van der Waals surface area contributed by atoms with Crippen molar-refractivity contribution in [1.29, 1.82) is 0 Å². The van der Waals surface area contributed by atoms with Crippen LogP contribution in [0.4, 0.5) is 0 Å². The predicted octanol–water partition coefficient (Wildman–Crippen LogP) is 4.33. The molecule has 1 aromatic carbocycles. The second-order valence-electron chi connectivity index (χ2n) is 7.22. The summed E-state index contributed by atoms with van der Waals surface area (Å²) >= 11 is 2.87. The number of hydrogen-bond acceptors (Lipinski definition) is 8. The number of carbonyl (C=O) groups excluding carboxylic acids is 1. The Bertz CT molecular complexity index is 1370. The molecule has 0 aliphatic rings. The molecule has 0 fully saturated rings.